The highest BCUT2D eigenvalue weighted by Crippen LogP contribution is 2.35. The molecule has 2 aromatic carbocycles. The Labute approximate surface area is 210 Å². The maximum Gasteiger partial charge on any atom is 0.328 e. The molecule has 0 bridgehead atoms. The Morgan fingerprint density at radius 1 is 1.05 bits per heavy atom. The van der Waals surface area contributed by atoms with Crippen LogP contribution < -0.4 is 14.8 Å². The molecule has 0 saturated heterocycles. The molecule has 0 aliphatic heterocycles. The van der Waals surface area contributed by atoms with Crippen molar-refractivity contribution in [3.8, 4) is 17.4 Å². The number of fused-ring (bicyclic) bond motifs is 1. The molecule has 0 radical (unpaired) electrons. The molecule has 1 amide bonds. The van der Waals surface area contributed by atoms with E-state index in [0.29, 0.717) is 17.1 Å². The molecule has 0 aliphatic carbocycles. The number of nitrogens with one attached hydrogen (secondary N) is 1. The van der Waals surface area contributed by atoms with Crippen LogP contribution in [-0.2, 0) is 19.1 Å². The number of carbonyl (C=O) groups is 3. The number of halogens is 2. The molecule has 0 fully saturated rings. The molecule has 1 N–H and O–H groups in total. The van der Waals surface area contributed by atoms with Gasteiger partial charge in [-0.2, -0.15) is 4.39 Å². The van der Waals surface area contributed by atoms with Gasteiger partial charge in [0.15, 0.2) is 11.5 Å². The summed E-state index contributed by atoms with van der Waals surface area (Å²) in [4.78, 5) is 45.3. The Kier molecular flexibility index (Phi) is 9.25. The largest absolute Gasteiger partial charge is 0.493 e. The van der Waals surface area contributed by atoms with E-state index in [1.807, 2.05) is 0 Å². The van der Waals surface area contributed by atoms with Crippen LogP contribution in [0, 0.1) is 11.6 Å². The summed E-state index contributed by atoms with van der Waals surface area (Å²) in [5, 5.41) is 2.28. The zero-order valence-electron chi connectivity index (χ0n) is 20.4. The summed E-state index contributed by atoms with van der Waals surface area (Å²) >= 11 is 0. The van der Waals surface area contributed by atoms with E-state index in [2.05, 4.69) is 15.3 Å². The molecule has 1 aromatic heterocycles. The van der Waals surface area contributed by atoms with E-state index in [0.717, 1.165) is 7.11 Å². The van der Waals surface area contributed by atoms with E-state index < -0.39 is 52.6 Å². The van der Waals surface area contributed by atoms with Gasteiger partial charge in [0, 0.05) is 12.5 Å². The molecule has 1 unspecified atom stereocenters. The van der Waals surface area contributed by atoms with Gasteiger partial charge in [-0.3, -0.25) is 9.59 Å². The smallest absolute Gasteiger partial charge is 0.328 e. The Morgan fingerprint density at radius 3 is 2.43 bits per heavy atom. The fourth-order valence-corrected chi connectivity index (χ4v) is 3.38. The molecule has 12 heteroatoms. The maximum atomic E-state index is 15.2. The van der Waals surface area contributed by atoms with Crippen molar-refractivity contribution in [2.24, 2.45) is 0 Å². The lowest BCUT2D eigenvalue weighted by Crippen LogP contribution is -2.42. The average Bonchev–Trinajstić information content (AvgIpc) is 2.88. The van der Waals surface area contributed by atoms with Crippen LogP contribution >= 0.6 is 0 Å². The van der Waals surface area contributed by atoms with E-state index in [1.165, 1.54) is 6.20 Å². The summed E-state index contributed by atoms with van der Waals surface area (Å²) < 4.78 is 50.4. The number of rotatable bonds is 11. The Bertz CT molecular complexity index is 1300. The van der Waals surface area contributed by atoms with Gasteiger partial charge in [-0.1, -0.05) is 12.1 Å². The quantitative estimate of drug-likeness (QED) is 0.379. The number of amides is 1. The molecule has 1 heterocycles. The number of hydrogen-bond donors (Lipinski definition) is 1. The molecular weight excluding hydrogens is 492 g/mol. The third-order valence-corrected chi connectivity index (χ3v) is 5.03. The zero-order chi connectivity index (χ0) is 26.9. The van der Waals surface area contributed by atoms with Gasteiger partial charge in [-0.05, 0) is 32.4 Å². The second-order valence-electron chi connectivity index (χ2n) is 7.50. The fraction of sp³-hybridized carbons (Fsp3) is 0.320. The van der Waals surface area contributed by atoms with Crippen molar-refractivity contribution < 1.29 is 42.1 Å². The highest BCUT2D eigenvalue weighted by Gasteiger charge is 2.30. The summed E-state index contributed by atoms with van der Waals surface area (Å²) in [5.41, 5.74) is 0.240. The van der Waals surface area contributed by atoms with E-state index in [-0.39, 0.29) is 31.9 Å². The maximum absolute atomic E-state index is 15.2. The normalized spacial score (nSPS) is 11.5. The van der Waals surface area contributed by atoms with Crippen LogP contribution in [0.5, 0.6) is 17.4 Å². The third kappa shape index (κ3) is 6.66. The minimum atomic E-state index is -1.33. The van der Waals surface area contributed by atoms with Crippen LogP contribution in [0.1, 0.15) is 37.0 Å². The molecule has 0 aliphatic rings. The average molecular weight is 517 g/mol. The van der Waals surface area contributed by atoms with Crippen molar-refractivity contribution in [1.82, 2.24) is 15.3 Å². The predicted molar refractivity (Wildman–Crippen MR) is 126 cm³/mol. The molecule has 0 saturated carbocycles. The molecule has 1 atom stereocenters. The van der Waals surface area contributed by atoms with Crippen LogP contribution in [0.4, 0.5) is 8.78 Å². The standard InChI is InChI=1S/C25H25F2N3O7/c1-4-35-20(31)11-10-17(25(33)36-5-2)30-24(32)21-14(26)12-18(22(27)23(21)34-3)37-19-13-28-15-8-6-7-9-16(15)29-19/h6-9,12-13,17H,4-5,10-11H2,1-3H3,(H,30,32). The number of para-hydroxylation sites is 2. The Morgan fingerprint density at radius 2 is 1.76 bits per heavy atom. The number of nitrogens with zero attached hydrogens (tertiary/aromatic N) is 2. The first kappa shape index (κ1) is 27.2. The van der Waals surface area contributed by atoms with Crippen molar-refractivity contribution in [3.63, 3.8) is 0 Å². The van der Waals surface area contributed by atoms with Crippen molar-refractivity contribution in [2.45, 2.75) is 32.7 Å². The third-order valence-electron chi connectivity index (χ3n) is 5.03. The molecule has 196 valence electrons. The van der Waals surface area contributed by atoms with Crippen molar-refractivity contribution in [1.29, 1.82) is 0 Å². The first-order valence-corrected chi connectivity index (χ1v) is 11.4. The lowest BCUT2D eigenvalue weighted by atomic mass is 10.1. The summed E-state index contributed by atoms with van der Waals surface area (Å²) in [6.45, 7) is 3.31. The monoisotopic (exact) mass is 517 g/mol. The molecule has 10 nitrogen and oxygen atoms in total. The van der Waals surface area contributed by atoms with Crippen molar-refractivity contribution in [2.75, 3.05) is 20.3 Å². The zero-order valence-corrected chi connectivity index (χ0v) is 20.4. The first-order valence-electron chi connectivity index (χ1n) is 11.4. The molecule has 37 heavy (non-hydrogen) atoms. The van der Waals surface area contributed by atoms with Crippen molar-refractivity contribution in [3.05, 3.63) is 53.7 Å². The predicted octanol–water partition coefficient (Wildman–Crippen LogP) is 3.71. The highest BCUT2D eigenvalue weighted by molar-refractivity contribution is 5.99. The molecule has 3 aromatic rings. The number of esters is 2. The number of methoxy groups -OCH3 is 1. The van der Waals surface area contributed by atoms with Gasteiger partial charge in [-0.25, -0.2) is 19.2 Å². The fourth-order valence-electron chi connectivity index (χ4n) is 3.38. The molecule has 3 rings (SSSR count). The Hall–Kier alpha value is -4.35. The van der Waals surface area contributed by atoms with Crippen molar-refractivity contribution >= 4 is 28.9 Å². The van der Waals surface area contributed by atoms with Crippen LogP contribution in [-0.4, -0.2) is 54.2 Å². The van der Waals surface area contributed by atoms with Crippen LogP contribution in [0.3, 0.4) is 0 Å². The summed E-state index contributed by atoms with van der Waals surface area (Å²) in [6, 6.07) is 6.22. The number of aromatic nitrogens is 2. The Balaban J connectivity index is 1.87. The number of hydrogen-bond acceptors (Lipinski definition) is 9. The second kappa shape index (κ2) is 12.6. The SMILES string of the molecule is CCOC(=O)CCC(NC(=O)c1c(F)cc(Oc2cnc3ccccc3n2)c(F)c1OC)C(=O)OCC. The van der Waals surface area contributed by atoms with Gasteiger partial charge in [-0.15, -0.1) is 0 Å². The van der Waals surface area contributed by atoms with Gasteiger partial charge < -0.3 is 24.3 Å². The molecular formula is C25H25F2N3O7. The summed E-state index contributed by atoms with van der Waals surface area (Å²) in [5.74, 6) is -6.44. The number of carbonyl (C=O) groups excluding carboxylic acids is 3. The van der Waals surface area contributed by atoms with Crippen LogP contribution in [0.15, 0.2) is 36.5 Å². The van der Waals surface area contributed by atoms with E-state index in [9.17, 15) is 14.4 Å². The highest BCUT2D eigenvalue weighted by atomic mass is 19.1. The minimum absolute atomic E-state index is 0.000616. The topological polar surface area (TPSA) is 126 Å². The number of benzene rings is 2. The van der Waals surface area contributed by atoms with Gasteiger partial charge in [0.05, 0.1) is 37.6 Å². The van der Waals surface area contributed by atoms with Gasteiger partial charge in [0.1, 0.15) is 17.4 Å². The van der Waals surface area contributed by atoms with Gasteiger partial charge in [0.25, 0.3) is 5.91 Å². The van der Waals surface area contributed by atoms with Crippen LogP contribution in [0.2, 0.25) is 0 Å². The molecule has 0 spiro atoms. The first-order chi connectivity index (χ1) is 17.8. The van der Waals surface area contributed by atoms with Crippen LogP contribution in [0.25, 0.3) is 11.0 Å². The lowest BCUT2D eigenvalue weighted by molar-refractivity contribution is -0.146. The number of ether oxygens (including phenoxy) is 4. The van der Waals surface area contributed by atoms with Gasteiger partial charge >= 0.3 is 11.9 Å². The van der Waals surface area contributed by atoms with E-state index >= 15 is 8.78 Å². The van der Waals surface area contributed by atoms with Gasteiger partial charge in [0.2, 0.25) is 11.7 Å². The lowest BCUT2D eigenvalue weighted by Gasteiger charge is -2.19. The van der Waals surface area contributed by atoms with E-state index in [4.69, 9.17) is 18.9 Å². The second-order valence-corrected chi connectivity index (χ2v) is 7.50. The summed E-state index contributed by atoms with van der Waals surface area (Å²) in [6.07, 6.45) is 0.836. The summed E-state index contributed by atoms with van der Waals surface area (Å²) in [7, 11) is 1.04. The minimum Gasteiger partial charge on any atom is -0.493 e. The van der Waals surface area contributed by atoms with E-state index in [1.54, 1.807) is 38.1 Å².